The number of hydrogen-bond acceptors (Lipinski definition) is 4. The number of aliphatic hydroxyl groups excluding tert-OH is 1. The molecule has 1 aliphatic heterocycles. The van der Waals surface area contributed by atoms with Crippen molar-refractivity contribution >= 4 is 12.0 Å². The van der Waals surface area contributed by atoms with Gasteiger partial charge in [-0.05, 0) is 26.7 Å². The molecule has 0 aromatic heterocycles. The second-order valence-electron chi connectivity index (χ2n) is 4.87. The molecule has 1 rings (SSSR count). The molecular formula is C11H20N2O5. The van der Waals surface area contributed by atoms with Gasteiger partial charge in [-0.2, -0.15) is 0 Å². The van der Waals surface area contributed by atoms with Gasteiger partial charge < -0.3 is 25.6 Å². The summed E-state index contributed by atoms with van der Waals surface area (Å²) in [7, 11) is 0. The van der Waals surface area contributed by atoms with Crippen LogP contribution in [0, 0.1) is 0 Å². The van der Waals surface area contributed by atoms with E-state index in [1.807, 2.05) is 6.92 Å². The summed E-state index contributed by atoms with van der Waals surface area (Å²) < 4.78 is 5.28. The molecule has 0 saturated carbocycles. The highest BCUT2D eigenvalue weighted by Crippen LogP contribution is 2.17. The number of ether oxygens (including phenoxy) is 1. The number of rotatable bonds is 4. The summed E-state index contributed by atoms with van der Waals surface area (Å²) in [6, 6.07) is -1.94. The zero-order valence-electron chi connectivity index (χ0n) is 10.6. The third kappa shape index (κ3) is 4.15. The fourth-order valence-corrected chi connectivity index (χ4v) is 1.87. The maximum atomic E-state index is 11.7. The maximum Gasteiger partial charge on any atom is 0.328 e. The molecule has 1 saturated heterocycles. The van der Waals surface area contributed by atoms with Crippen molar-refractivity contribution in [2.75, 3.05) is 13.2 Å². The molecule has 7 nitrogen and oxygen atoms in total. The molecule has 7 heteroatoms. The molecule has 18 heavy (non-hydrogen) atoms. The minimum Gasteiger partial charge on any atom is -0.480 e. The number of aliphatic carboxylic acids is 1. The van der Waals surface area contributed by atoms with Gasteiger partial charge in [0.05, 0.1) is 18.2 Å². The lowest BCUT2D eigenvalue weighted by Gasteiger charge is -2.34. The first-order valence-corrected chi connectivity index (χ1v) is 5.91. The number of nitrogens with one attached hydrogen (secondary N) is 2. The van der Waals surface area contributed by atoms with E-state index in [9.17, 15) is 14.7 Å². The lowest BCUT2D eigenvalue weighted by Crippen LogP contribution is -2.58. The van der Waals surface area contributed by atoms with Crippen molar-refractivity contribution in [3.63, 3.8) is 0 Å². The molecule has 104 valence electrons. The fraction of sp³-hybridized carbons (Fsp3) is 0.818. The number of aliphatic hydroxyl groups is 1. The molecule has 0 spiro atoms. The normalized spacial score (nSPS) is 27.1. The van der Waals surface area contributed by atoms with Gasteiger partial charge in [0.1, 0.15) is 0 Å². The van der Waals surface area contributed by atoms with E-state index in [0.717, 1.165) is 12.8 Å². The van der Waals surface area contributed by atoms with Crippen molar-refractivity contribution in [1.29, 1.82) is 0 Å². The summed E-state index contributed by atoms with van der Waals surface area (Å²) in [5.74, 6) is -1.27. The molecule has 1 heterocycles. The average molecular weight is 260 g/mol. The van der Waals surface area contributed by atoms with Crippen LogP contribution in [-0.2, 0) is 9.53 Å². The SMILES string of the molecule is CC(O)C(NC(=O)NC1(C)CCCOC1)C(=O)O. The molecule has 0 bridgehead atoms. The number of carboxylic acids is 1. The molecule has 1 aliphatic rings. The van der Waals surface area contributed by atoms with Gasteiger partial charge in [-0.15, -0.1) is 0 Å². The number of urea groups is 1. The highest BCUT2D eigenvalue weighted by molar-refractivity contribution is 5.83. The van der Waals surface area contributed by atoms with Crippen LogP contribution in [0.1, 0.15) is 26.7 Å². The molecular weight excluding hydrogens is 240 g/mol. The highest BCUT2D eigenvalue weighted by atomic mass is 16.5. The van der Waals surface area contributed by atoms with Crippen LogP contribution in [0.2, 0.25) is 0 Å². The van der Waals surface area contributed by atoms with Crippen LogP contribution in [0.5, 0.6) is 0 Å². The summed E-state index contributed by atoms with van der Waals surface area (Å²) in [4.78, 5) is 22.5. The third-order valence-corrected chi connectivity index (χ3v) is 2.89. The van der Waals surface area contributed by atoms with Crippen LogP contribution in [0.15, 0.2) is 0 Å². The Balaban J connectivity index is 2.52. The minimum absolute atomic E-state index is 0.396. The minimum atomic E-state index is -1.32. The second kappa shape index (κ2) is 6.01. The van der Waals surface area contributed by atoms with E-state index < -0.39 is 29.7 Å². The summed E-state index contributed by atoms with van der Waals surface area (Å²) >= 11 is 0. The summed E-state index contributed by atoms with van der Waals surface area (Å²) in [5, 5.41) is 23.0. The first-order chi connectivity index (χ1) is 8.34. The van der Waals surface area contributed by atoms with Gasteiger partial charge in [-0.3, -0.25) is 0 Å². The van der Waals surface area contributed by atoms with Gasteiger partial charge in [0.25, 0.3) is 0 Å². The molecule has 0 aliphatic carbocycles. The Kier molecular flexibility index (Phi) is 4.92. The number of carboxylic acid groups (broad SMARTS) is 1. The van der Waals surface area contributed by atoms with E-state index in [4.69, 9.17) is 9.84 Å². The van der Waals surface area contributed by atoms with E-state index >= 15 is 0 Å². The van der Waals surface area contributed by atoms with E-state index in [1.54, 1.807) is 0 Å². The van der Waals surface area contributed by atoms with E-state index in [0.29, 0.717) is 13.2 Å². The first-order valence-electron chi connectivity index (χ1n) is 5.91. The van der Waals surface area contributed by atoms with Crippen LogP contribution in [0.25, 0.3) is 0 Å². The van der Waals surface area contributed by atoms with Crippen LogP contribution >= 0.6 is 0 Å². The summed E-state index contributed by atoms with van der Waals surface area (Å²) in [6.07, 6.45) is 0.450. The maximum absolute atomic E-state index is 11.7. The Labute approximate surface area is 106 Å². The van der Waals surface area contributed by atoms with Crippen molar-refractivity contribution in [3.8, 4) is 0 Å². The van der Waals surface area contributed by atoms with E-state index in [1.165, 1.54) is 6.92 Å². The summed E-state index contributed by atoms with van der Waals surface area (Å²) in [6.45, 7) is 4.21. The lowest BCUT2D eigenvalue weighted by atomic mass is 9.95. The fourth-order valence-electron chi connectivity index (χ4n) is 1.87. The largest absolute Gasteiger partial charge is 0.480 e. The number of hydrogen-bond donors (Lipinski definition) is 4. The van der Waals surface area contributed by atoms with Crippen molar-refractivity contribution in [2.45, 2.75) is 44.4 Å². The Morgan fingerprint density at radius 2 is 2.11 bits per heavy atom. The molecule has 0 aromatic rings. The van der Waals surface area contributed by atoms with Crippen LogP contribution in [0.3, 0.4) is 0 Å². The van der Waals surface area contributed by atoms with Gasteiger partial charge >= 0.3 is 12.0 Å². The molecule has 3 unspecified atom stereocenters. The van der Waals surface area contributed by atoms with Crippen LogP contribution < -0.4 is 10.6 Å². The zero-order chi connectivity index (χ0) is 13.8. The molecule has 2 amide bonds. The second-order valence-corrected chi connectivity index (χ2v) is 4.87. The quantitative estimate of drug-likeness (QED) is 0.554. The topological polar surface area (TPSA) is 108 Å². The van der Waals surface area contributed by atoms with Gasteiger partial charge in [0, 0.05) is 6.61 Å². The predicted octanol–water partition coefficient (Wildman–Crippen LogP) is -0.311. The van der Waals surface area contributed by atoms with E-state index in [-0.39, 0.29) is 0 Å². The number of amides is 2. The van der Waals surface area contributed by atoms with Crippen LogP contribution in [-0.4, -0.2) is 53.1 Å². The van der Waals surface area contributed by atoms with Crippen molar-refractivity contribution in [2.24, 2.45) is 0 Å². The van der Waals surface area contributed by atoms with E-state index in [2.05, 4.69) is 10.6 Å². The lowest BCUT2D eigenvalue weighted by molar-refractivity contribution is -0.141. The third-order valence-electron chi connectivity index (χ3n) is 2.89. The molecule has 0 aromatic carbocycles. The van der Waals surface area contributed by atoms with Gasteiger partial charge in [0.2, 0.25) is 0 Å². The Bertz CT molecular complexity index is 313. The Hall–Kier alpha value is -1.34. The Morgan fingerprint density at radius 1 is 1.44 bits per heavy atom. The van der Waals surface area contributed by atoms with Crippen molar-refractivity contribution in [3.05, 3.63) is 0 Å². The smallest absolute Gasteiger partial charge is 0.328 e. The number of carbonyl (C=O) groups is 2. The molecule has 0 radical (unpaired) electrons. The average Bonchev–Trinajstić information content (AvgIpc) is 2.25. The molecule has 3 atom stereocenters. The molecule has 1 fully saturated rings. The Morgan fingerprint density at radius 3 is 2.56 bits per heavy atom. The van der Waals surface area contributed by atoms with Gasteiger partial charge in [-0.1, -0.05) is 0 Å². The predicted molar refractivity (Wildman–Crippen MR) is 63.2 cm³/mol. The highest BCUT2D eigenvalue weighted by Gasteiger charge is 2.31. The first kappa shape index (κ1) is 14.7. The van der Waals surface area contributed by atoms with Crippen molar-refractivity contribution in [1.82, 2.24) is 10.6 Å². The standard InChI is InChI=1S/C11H20N2O5/c1-7(14)8(9(15)16)12-10(17)13-11(2)4-3-5-18-6-11/h7-8,14H,3-6H2,1-2H3,(H,15,16)(H2,12,13,17). The summed E-state index contributed by atoms with van der Waals surface area (Å²) in [5.41, 5.74) is -0.496. The van der Waals surface area contributed by atoms with Crippen LogP contribution in [0.4, 0.5) is 4.79 Å². The monoisotopic (exact) mass is 260 g/mol. The molecule has 4 N–H and O–H groups in total. The number of carbonyl (C=O) groups excluding carboxylic acids is 1. The van der Waals surface area contributed by atoms with Crippen molar-refractivity contribution < 1.29 is 24.5 Å². The van der Waals surface area contributed by atoms with Gasteiger partial charge in [-0.25, -0.2) is 9.59 Å². The zero-order valence-corrected chi connectivity index (χ0v) is 10.6. The van der Waals surface area contributed by atoms with Gasteiger partial charge in [0.15, 0.2) is 6.04 Å².